The van der Waals surface area contributed by atoms with E-state index in [9.17, 15) is 4.79 Å². The Morgan fingerprint density at radius 1 is 1.33 bits per heavy atom. The first-order chi connectivity index (χ1) is 11.6. The Kier molecular flexibility index (Phi) is 6.54. The molecule has 2 rings (SSSR count). The molecule has 1 atom stereocenters. The van der Waals surface area contributed by atoms with Gasteiger partial charge in [0.1, 0.15) is 4.88 Å². The highest BCUT2D eigenvalue weighted by Gasteiger charge is 2.18. The van der Waals surface area contributed by atoms with E-state index in [-0.39, 0.29) is 11.9 Å². The number of methoxy groups -OCH3 is 1. The van der Waals surface area contributed by atoms with Gasteiger partial charge in [-0.2, -0.15) is 0 Å². The van der Waals surface area contributed by atoms with Gasteiger partial charge >= 0.3 is 0 Å². The van der Waals surface area contributed by atoms with E-state index in [1.807, 2.05) is 32.0 Å². The number of hydrogen-bond donors (Lipinski definition) is 1. The Hall–Kier alpha value is -2.15. The molecule has 0 spiro atoms. The van der Waals surface area contributed by atoms with Crippen LogP contribution in [-0.4, -0.2) is 29.2 Å². The van der Waals surface area contributed by atoms with Gasteiger partial charge in [-0.1, -0.05) is 24.4 Å². The van der Waals surface area contributed by atoms with Gasteiger partial charge in [0.25, 0.3) is 5.91 Å². The summed E-state index contributed by atoms with van der Waals surface area (Å²) >= 11 is 1.12. The average Bonchev–Trinajstić information content (AvgIpc) is 3.08. The second kappa shape index (κ2) is 8.63. The summed E-state index contributed by atoms with van der Waals surface area (Å²) in [6.45, 7) is 6.58. The largest absolute Gasteiger partial charge is 0.493 e. The molecule has 0 aliphatic heterocycles. The van der Waals surface area contributed by atoms with Crippen molar-refractivity contribution in [3.05, 3.63) is 34.3 Å². The minimum Gasteiger partial charge on any atom is -0.493 e. The third-order valence-electron chi connectivity index (χ3n) is 3.59. The summed E-state index contributed by atoms with van der Waals surface area (Å²) in [6, 6.07) is 5.53. The Labute approximate surface area is 146 Å². The molecule has 1 heterocycles. The first-order valence-corrected chi connectivity index (χ1v) is 8.80. The molecule has 0 unspecified atom stereocenters. The van der Waals surface area contributed by atoms with Gasteiger partial charge in [-0.15, -0.1) is 5.10 Å². The lowest BCUT2D eigenvalue weighted by atomic mass is 10.1. The molecule has 1 N–H and O–H groups in total. The number of carbonyl (C=O) groups excluding carboxylic acids is 1. The fraction of sp³-hybridized carbons (Fsp3) is 0.471. The maximum absolute atomic E-state index is 12.4. The average molecular weight is 349 g/mol. The van der Waals surface area contributed by atoms with Crippen LogP contribution in [0.3, 0.4) is 0 Å². The topological polar surface area (TPSA) is 73.3 Å². The fourth-order valence-electron chi connectivity index (χ4n) is 2.24. The SMILES string of the molecule is CCCOc1ccc([C@@H](C)NC(=O)c2snnc2CC)cc1OC. The zero-order valence-corrected chi connectivity index (χ0v) is 15.3. The normalized spacial score (nSPS) is 11.8. The van der Waals surface area contributed by atoms with Crippen molar-refractivity contribution in [1.29, 1.82) is 0 Å². The standard InChI is InChI=1S/C17H23N3O3S/c1-5-9-23-14-8-7-12(10-15(14)22-4)11(3)18-17(21)16-13(6-2)19-20-24-16/h7-8,10-11H,5-6,9H2,1-4H3,(H,18,21)/t11-/m1/s1. The number of nitrogens with zero attached hydrogens (tertiary/aromatic N) is 2. The highest BCUT2D eigenvalue weighted by atomic mass is 32.1. The van der Waals surface area contributed by atoms with Crippen molar-refractivity contribution in [3.63, 3.8) is 0 Å². The van der Waals surface area contributed by atoms with Gasteiger partial charge in [-0.05, 0) is 49.0 Å². The molecule has 130 valence electrons. The summed E-state index contributed by atoms with van der Waals surface area (Å²) in [6.07, 6.45) is 1.62. The van der Waals surface area contributed by atoms with E-state index >= 15 is 0 Å². The predicted molar refractivity (Wildman–Crippen MR) is 93.9 cm³/mol. The fourth-order valence-corrected chi connectivity index (χ4v) is 2.90. The highest BCUT2D eigenvalue weighted by Crippen LogP contribution is 2.30. The zero-order chi connectivity index (χ0) is 17.5. The molecule has 0 saturated heterocycles. The van der Waals surface area contributed by atoms with E-state index in [4.69, 9.17) is 9.47 Å². The van der Waals surface area contributed by atoms with Gasteiger partial charge in [0.2, 0.25) is 0 Å². The van der Waals surface area contributed by atoms with Crippen molar-refractivity contribution in [1.82, 2.24) is 14.9 Å². The minimum atomic E-state index is -0.168. The molecule has 0 fully saturated rings. The monoisotopic (exact) mass is 349 g/mol. The third-order valence-corrected chi connectivity index (χ3v) is 4.36. The van der Waals surface area contributed by atoms with Gasteiger partial charge < -0.3 is 14.8 Å². The molecular formula is C17H23N3O3S. The molecule has 1 aromatic carbocycles. The van der Waals surface area contributed by atoms with Crippen molar-refractivity contribution >= 4 is 17.4 Å². The number of benzene rings is 1. The molecule has 24 heavy (non-hydrogen) atoms. The second-order valence-corrected chi connectivity index (χ2v) is 6.11. The Bertz CT molecular complexity index is 687. The number of carbonyl (C=O) groups is 1. The van der Waals surface area contributed by atoms with E-state index in [2.05, 4.69) is 21.8 Å². The molecule has 0 aliphatic carbocycles. The van der Waals surface area contributed by atoms with Crippen molar-refractivity contribution in [2.24, 2.45) is 0 Å². The van der Waals surface area contributed by atoms with Crippen LogP contribution in [0.15, 0.2) is 18.2 Å². The molecule has 2 aromatic rings. The number of aromatic nitrogens is 2. The molecule has 7 heteroatoms. The van der Waals surface area contributed by atoms with Crippen LogP contribution >= 0.6 is 11.5 Å². The second-order valence-electron chi connectivity index (χ2n) is 5.36. The number of rotatable bonds is 8. The molecule has 1 aromatic heterocycles. The van der Waals surface area contributed by atoms with Gasteiger partial charge in [-0.25, -0.2) is 0 Å². The van der Waals surface area contributed by atoms with Crippen molar-refractivity contribution in [3.8, 4) is 11.5 Å². The first-order valence-electron chi connectivity index (χ1n) is 8.03. The minimum absolute atomic E-state index is 0.153. The maximum atomic E-state index is 12.4. The van der Waals surface area contributed by atoms with Crippen LogP contribution in [0.5, 0.6) is 11.5 Å². The van der Waals surface area contributed by atoms with Crippen LogP contribution in [0.2, 0.25) is 0 Å². The summed E-state index contributed by atoms with van der Waals surface area (Å²) in [5.41, 5.74) is 1.67. The van der Waals surface area contributed by atoms with Crippen molar-refractivity contribution in [2.75, 3.05) is 13.7 Å². The lowest BCUT2D eigenvalue weighted by molar-refractivity contribution is 0.0943. The number of hydrogen-bond acceptors (Lipinski definition) is 6. The van der Waals surface area contributed by atoms with E-state index < -0.39 is 0 Å². The predicted octanol–water partition coefficient (Wildman–Crippen LogP) is 3.39. The number of ether oxygens (including phenoxy) is 2. The molecule has 1 amide bonds. The van der Waals surface area contributed by atoms with Crippen LogP contribution in [0.1, 0.15) is 54.2 Å². The summed E-state index contributed by atoms with van der Waals surface area (Å²) < 4.78 is 14.9. The lowest BCUT2D eigenvalue weighted by Crippen LogP contribution is -2.26. The lowest BCUT2D eigenvalue weighted by Gasteiger charge is -2.17. The zero-order valence-electron chi connectivity index (χ0n) is 14.5. The van der Waals surface area contributed by atoms with Crippen LogP contribution in [-0.2, 0) is 6.42 Å². The van der Waals surface area contributed by atoms with Gasteiger partial charge in [-0.3, -0.25) is 4.79 Å². The highest BCUT2D eigenvalue weighted by molar-refractivity contribution is 7.08. The van der Waals surface area contributed by atoms with Crippen LogP contribution in [0.25, 0.3) is 0 Å². The number of nitrogens with one attached hydrogen (secondary N) is 1. The van der Waals surface area contributed by atoms with Gasteiger partial charge in [0.15, 0.2) is 11.5 Å². The molecule has 0 radical (unpaired) electrons. The number of aryl methyl sites for hydroxylation is 1. The number of amides is 1. The van der Waals surface area contributed by atoms with E-state index in [1.165, 1.54) is 0 Å². The van der Waals surface area contributed by atoms with E-state index in [1.54, 1.807) is 7.11 Å². The Morgan fingerprint density at radius 2 is 2.12 bits per heavy atom. The van der Waals surface area contributed by atoms with E-state index in [0.29, 0.717) is 29.4 Å². The van der Waals surface area contributed by atoms with Crippen LogP contribution in [0, 0.1) is 0 Å². The summed E-state index contributed by atoms with van der Waals surface area (Å²) in [5.74, 6) is 1.22. The van der Waals surface area contributed by atoms with E-state index in [0.717, 1.165) is 29.2 Å². The molecule has 6 nitrogen and oxygen atoms in total. The van der Waals surface area contributed by atoms with Gasteiger partial charge in [0.05, 0.1) is 25.5 Å². The summed E-state index contributed by atoms with van der Waals surface area (Å²) in [7, 11) is 1.61. The van der Waals surface area contributed by atoms with Crippen LogP contribution in [0.4, 0.5) is 0 Å². The molecule has 0 aliphatic rings. The third kappa shape index (κ3) is 4.23. The molecule has 0 bridgehead atoms. The molecular weight excluding hydrogens is 326 g/mol. The summed E-state index contributed by atoms with van der Waals surface area (Å²) in [5, 5.41) is 6.96. The quantitative estimate of drug-likeness (QED) is 0.791. The smallest absolute Gasteiger partial charge is 0.265 e. The Morgan fingerprint density at radius 3 is 2.79 bits per heavy atom. The summed E-state index contributed by atoms with van der Waals surface area (Å²) in [4.78, 5) is 13.0. The maximum Gasteiger partial charge on any atom is 0.265 e. The van der Waals surface area contributed by atoms with Crippen molar-refractivity contribution in [2.45, 2.75) is 39.7 Å². The van der Waals surface area contributed by atoms with Crippen molar-refractivity contribution < 1.29 is 14.3 Å². The Balaban J connectivity index is 2.11. The molecule has 0 saturated carbocycles. The first kappa shape index (κ1) is 18.2. The van der Waals surface area contributed by atoms with Gasteiger partial charge in [0, 0.05) is 0 Å². The van der Waals surface area contributed by atoms with Crippen LogP contribution < -0.4 is 14.8 Å².